The number of quaternary nitrogens is 1. The first-order valence-corrected chi connectivity index (χ1v) is 11.7. The normalized spacial score (nSPS) is 13.8. The number of nitrogens with zero attached hydrogens (tertiary/aromatic N) is 2. The zero-order chi connectivity index (χ0) is 23.8. The van der Waals surface area contributed by atoms with Gasteiger partial charge in [-0.05, 0) is 38.5 Å². The summed E-state index contributed by atoms with van der Waals surface area (Å²) in [5.74, 6) is 0. The fraction of sp³-hybridized carbons (Fsp3) is 0.882. The van der Waals surface area contributed by atoms with Crippen LogP contribution in [0.25, 0.3) is 0 Å². The van der Waals surface area contributed by atoms with Crippen molar-refractivity contribution in [2.24, 2.45) is 4.99 Å². The summed E-state index contributed by atoms with van der Waals surface area (Å²) >= 11 is 0. The van der Waals surface area contributed by atoms with Gasteiger partial charge in [0.15, 0.2) is 0 Å². The second-order valence-electron chi connectivity index (χ2n) is 7.84. The van der Waals surface area contributed by atoms with E-state index in [1.54, 1.807) is 0 Å². The Balaban J connectivity index is 0. The maximum absolute atomic E-state index is 11.4. The Morgan fingerprint density at radius 1 is 0.900 bits per heavy atom. The molecule has 0 aromatic heterocycles. The van der Waals surface area contributed by atoms with Crippen LogP contribution in [0, 0.1) is 0 Å². The van der Waals surface area contributed by atoms with Crippen molar-refractivity contribution in [3.05, 3.63) is 0 Å². The average molecular weight is 473 g/mol. The molecule has 0 aliphatic carbocycles. The molecule has 0 fully saturated rings. The molecule has 0 unspecified atom stereocenters. The first-order chi connectivity index (χ1) is 13.4. The van der Waals surface area contributed by atoms with Gasteiger partial charge >= 0.3 is 39.1 Å². The quantitative estimate of drug-likeness (QED) is 0.0809. The van der Waals surface area contributed by atoms with E-state index >= 15 is 0 Å². The first kappa shape index (κ1) is 30.8. The van der Waals surface area contributed by atoms with Gasteiger partial charge in [-0.1, -0.05) is 12.8 Å². The Morgan fingerprint density at radius 2 is 1.40 bits per heavy atom. The molecule has 30 heavy (non-hydrogen) atoms. The second-order valence-corrected chi connectivity index (χ2v) is 9.75. The summed E-state index contributed by atoms with van der Waals surface area (Å²) in [6.45, 7) is 2.87. The standard InChI is InChI=1S/C17H33N3O3.F6P/c1-20(2,3)14-10-6-7-11-15-23-17(22)19-13-9-5-4-8-12-18-16-21;1-7(2,3,4,5)6/h4-15H2,1-3H3;/q;-1/p+1. The number of carbonyl (C=O) groups is 1. The molecule has 13 heteroatoms. The molecule has 0 saturated carbocycles. The molecule has 0 aliphatic heterocycles. The van der Waals surface area contributed by atoms with Gasteiger partial charge in [-0.2, -0.15) is 0 Å². The summed E-state index contributed by atoms with van der Waals surface area (Å²) < 4.78 is 65.3. The number of isocyanates is 1. The van der Waals surface area contributed by atoms with Crippen LogP contribution < -0.4 is 5.32 Å². The van der Waals surface area contributed by atoms with Crippen LogP contribution in [-0.4, -0.2) is 64.0 Å². The summed E-state index contributed by atoms with van der Waals surface area (Å²) in [5, 5.41) is 2.76. The Morgan fingerprint density at radius 3 is 1.93 bits per heavy atom. The van der Waals surface area contributed by atoms with Crippen LogP contribution in [0.5, 0.6) is 0 Å². The molecule has 0 atom stereocenters. The van der Waals surface area contributed by atoms with E-state index in [0.29, 0.717) is 19.7 Å². The third-order valence-electron chi connectivity index (χ3n) is 3.49. The Labute approximate surface area is 173 Å². The molecule has 182 valence electrons. The Kier molecular flexibility index (Phi) is 13.5. The van der Waals surface area contributed by atoms with Crippen LogP contribution >= 0.6 is 7.81 Å². The van der Waals surface area contributed by atoms with E-state index in [9.17, 15) is 34.8 Å². The van der Waals surface area contributed by atoms with Gasteiger partial charge in [0.2, 0.25) is 6.08 Å². The molecule has 0 spiro atoms. The Bertz CT molecular complexity index is 521. The number of ether oxygens (including phenoxy) is 1. The van der Waals surface area contributed by atoms with Crippen molar-refractivity contribution in [1.29, 1.82) is 0 Å². The van der Waals surface area contributed by atoms with Crippen LogP contribution in [0.3, 0.4) is 0 Å². The van der Waals surface area contributed by atoms with Crippen molar-refractivity contribution in [1.82, 2.24) is 5.32 Å². The number of hydrogen-bond acceptors (Lipinski definition) is 4. The minimum absolute atomic E-state index is 0.318. The monoisotopic (exact) mass is 473 g/mol. The fourth-order valence-corrected chi connectivity index (χ4v) is 2.16. The van der Waals surface area contributed by atoms with Gasteiger partial charge in [0.1, 0.15) is 0 Å². The summed E-state index contributed by atoms with van der Waals surface area (Å²) in [7, 11) is -4.05. The van der Waals surface area contributed by atoms with Crippen LogP contribution in [0.2, 0.25) is 0 Å². The van der Waals surface area contributed by atoms with Crippen molar-refractivity contribution in [2.75, 3.05) is 47.4 Å². The average Bonchev–Trinajstić information content (AvgIpc) is 2.52. The minimum atomic E-state index is -10.7. The SMILES string of the molecule is C[N+](C)(C)CCCCCCOC(=O)NCCCCCCN=C=O.F[P-](F)(F)(F)(F)F. The van der Waals surface area contributed by atoms with Gasteiger partial charge in [-0.25, -0.2) is 14.6 Å². The molecule has 0 aromatic rings. The molecule has 0 rings (SSSR count). The molecule has 0 radical (unpaired) electrons. The van der Waals surface area contributed by atoms with E-state index in [0.717, 1.165) is 43.0 Å². The number of unbranched alkanes of at least 4 members (excludes halogenated alkanes) is 6. The van der Waals surface area contributed by atoms with Crippen LogP contribution in [-0.2, 0) is 9.53 Å². The molecule has 0 saturated heterocycles. The number of halogens is 6. The van der Waals surface area contributed by atoms with E-state index < -0.39 is 7.81 Å². The van der Waals surface area contributed by atoms with Crippen LogP contribution in [0.4, 0.5) is 30.0 Å². The van der Waals surface area contributed by atoms with Crippen molar-refractivity contribution >= 4 is 20.0 Å². The molecule has 0 aromatic carbocycles. The van der Waals surface area contributed by atoms with Crippen LogP contribution in [0.15, 0.2) is 4.99 Å². The van der Waals surface area contributed by atoms with E-state index in [2.05, 4.69) is 31.5 Å². The van der Waals surface area contributed by atoms with Gasteiger partial charge in [-0.3, -0.25) is 0 Å². The third kappa shape index (κ3) is 45.4. The zero-order valence-corrected chi connectivity index (χ0v) is 18.7. The van der Waals surface area contributed by atoms with Crippen molar-refractivity contribution < 1.29 is 44.0 Å². The third-order valence-corrected chi connectivity index (χ3v) is 3.49. The zero-order valence-electron chi connectivity index (χ0n) is 17.8. The first-order valence-electron chi connectivity index (χ1n) is 9.72. The number of alkyl carbamates (subject to hydrolysis) is 1. The number of aliphatic imine (C=N–C) groups is 1. The van der Waals surface area contributed by atoms with E-state index in [-0.39, 0.29) is 6.09 Å². The number of carbonyl (C=O) groups excluding carboxylic acids is 2. The fourth-order valence-electron chi connectivity index (χ4n) is 2.16. The topological polar surface area (TPSA) is 67.8 Å². The van der Waals surface area contributed by atoms with Gasteiger partial charge in [0.05, 0.1) is 40.8 Å². The second kappa shape index (κ2) is 13.1. The number of amides is 1. The van der Waals surface area contributed by atoms with E-state index in [1.165, 1.54) is 25.5 Å². The summed E-state index contributed by atoms with van der Waals surface area (Å²) in [5.41, 5.74) is 0. The molecule has 1 N–H and O–H groups in total. The summed E-state index contributed by atoms with van der Waals surface area (Å²) in [6, 6.07) is 0. The van der Waals surface area contributed by atoms with Gasteiger partial charge in [-0.15, -0.1) is 0 Å². The molecule has 0 heterocycles. The predicted octanol–water partition coefficient (Wildman–Crippen LogP) is 6.26. The van der Waals surface area contributed by atoms with Crippen molar-refractivity contribution in [2.45, 2.75) is 51.4 Å². The van der Waals surface area contributed by atoms with Crippen LogP contribution in [0.1, 0.15) is 51.4 Å². The van der Waals surface area contributed by atoms with E-state index in [4.69, 9.17) is 4.74 Å². The molecule has 1 amide bonds. The maximum atomic E-state index is 11.4. The number of hydrogen-bond donors (Lipinski definition) is 1. The number of rotatable bonds is 14. The van der Waals surface area contributed by atoms with Gasteiger partial charge in [0, 0.05) is 6.54 Å². The predicted molar refractivity (Wildman–Crippen MR) is 106 cm³/mol. The van der Waals surface area contributed by atoms with Crippen molar-refractivity contribution in [3.63, 3.8) is 0 Å². The molecular formula is C17H34F6N3O3P. The summed E-state index contributed by atoms with van der Waals surface area (Å²) in [6.07, 6.45) is 9.50. The van der Waals surface area contributed by atoms with E-state index in [1.807, 2.05) is 0 Å². The summed E-state index contributed by atoms with van der Waals surface area (Å²) in [4.78, 5) is 24.8. The Hall–Kier alpha value is -1.38. The molecular weight excluding hydrogens is 439 g/mol. The van der Waals surface area contributed by atoms with Gasteiger partial charge < -0.3 is 14.5 Å². The van der Waals surface area contributed by atoms with Gasteiger partial charge in [0.25, 0.3) is 0 Å². The molecule has 0 aliphatic rings. The number of nitrogens with one attached hydrogen (secondary N) is 1. The van der Waals surface area contributed by atoms with Crippen molar-refractivity contribution in [3.8, 4) is 0 Å². The molecule has 0 bridgehead atoms. The molecule has 6 nitrogen and oxygen atoms in total.